The Kier molecular flexibility index (Phi) is 5.67. The maximum Gasteiger partial charge on any atom is 0.268 e. The summed E-state index contributed by atoms with van der Waals surface area (Å²) in [5.41, 5.74) is 1.08. The molecule has 5 rings (SSSR count). The van der Waals surface area contributed by atoms with Crippen LogP contribution in [0.2, 0.25) is 0 Å². The first-order valence-electron chi connectivity index (χ1n) is 11.5. The van der Waals surface area contributed by atoms with Crippen molar-refractivity contribution >= 4 is 32.7 Å². The van der Waals surface area contributed by atoms with E-state index in [0.29, 0.717) is 42.9 Å². The van der Waals surface area contributed by atoms with Crippen LogP contribution >= 0.6 is 0 Å². The Hall–Kier alpha value is -3.26. The largest absolute Gasteiger partial charge is 0.388 e. The molecular formula is C25H27N5O4S. The molecule has 2 aliphatic rings. The molecule has 1 aliphatic carbocycles. The normalized spacial score (nSPS) is 23.2. The minimum Gasteiger partial charge on any atom is -0.388 e. The molecule has 2 N–H and O–H groups in total. The second kappa shape index (κ2) is 8.45. The summed E-state index contributed by atoms with van der Waals surface area (Å²) in [5.74, 6) is 2.94. The molecule has 0 spiro atoms. The first kappa shape index (κ1) is 23.5. The highest BCUT2D eigenvalue weighted by atomic mass is 32.2. The molecular weight excluding hydrogens is 466 g/mol. The number of anilines is 2. The second-order valence-corrected chi connectivity index (χ2v) is 11.6. The standard InChI is InChI=1S/C25H27N5O4S/c1-4-16-12-18-13-26-24(28-22(18)30(23(16)31)21-6-5-11-25(21,2)32)27-20-9-7-17(8-10-20)19-14-29(15-19)35(3,33)34/h1,7-10,12-13,19,21,32H,5-6,11,14-15H2,2-3H3,(H,26,27,28)/t21-,25-/m1/s1. The van der Waals surface area contributed by atoms with Crippen molar-refractivity contribution in [2.24, 2.45) is 0 Å². The van der Waals surface area contributed by atoms with Crippen LogP contribution in [-0.4, -0.2) is 57.3 Å². The predicted molar refractivity (Wildman–Crippen MR) is 134 cm³/mol. The fourth-order valence-electron chi connectivity index (χ4n) is 5.00. The van der Waals surface area contributed by atoms with Crippen LogP contribution in [-0.2, 0) is 10.0 Å². The van der Waals surface area contributed by atoms with Gasteiger partial charge in [0.1, 0.15) is 5.65 Å². The molecule has 3 heterocycles. The van der Waals surface area contributed by atoms with Gasteiger partial charge < -0.3 is 10.4 Å². The predicted octanol–water partition coefficient (Wildman–Crippen LogP) is 2.35. The smallest absolute Gasteiger partial charge is 0.268 e. The summed E-state index contributed by atoms with van der Waals surface area (Å²) in [7, 11) is -3.14. The molecule has 3 aromatic rings. The molecule has 2 fully saturated rings. The number of aliphatic hydroxyl groups is 1. The number of benzene rings is 1. The molecule has 0 radical (unpaired) electrons. The van der Waals surface area contributed by atoms with Crippen LogP contribution in [0, 0.1) is 12.3 Å². The number of hydrogen-bond acceptors (Lipinski definition) is 7. The van der Waals surface area contributed by atoms with Crippen LogP contribution in [0.25, 0.3) is 11.0 Å². The Bertz CT molecular complexity index is 1500. The van der Waals surface area contributed by atoms with Gasteiger partial charge in [-0.15, -0.1) is 6.42 Å². The van der Waals surface area contributed by atoms with E-state index in [9.17, 15) is 18.3 Å². The average Bonchev–Trinajstić information content (AvgIpc) is 3.11. The van der Waals surface area contributed by atoms with Crippen molar-refractivity contribution in [1.29, 1.82) is 0 Å². The van der Waals surface area contributed by atoms with Gasteiger partial charge in [0.2, 0.25) is 16.0 Å². The zero-order valence-corrected chi connectivity index (χ0v) is 20.4. The van der Waals surface area contributed by atoms with Crippen molar-refractivity contribution in [3.8, 4) is 12.3 Å². The van der Waals surface area contributed by atoms with Crippen molar-refractivity contribution in [1.82, 2.24) is 18.8 Å². The third-order valence-corrected chi connectivity index (χ3v) is 8.31. The Morgan fingerprint density at radius 3 is 2.57 bits per heavy atom. The third-order valence-electron chi connectivity index (χ3n) is 7.07. The third kappa shape index (κ3) is 4.31. The molecule has 9 nitrogen and oxygen atoms in total. The highest BCUT2D eigenvalue weighted by molar-refractivity contribution is 7.88. The van der Waals surface area contributed by atoms with Gasteiger partial charge in [-0.1, -0.05) is 18.1 Å². The summed E-state index contributed by atoms with van der Waals surface area (Å²) < 4.78 is 26.2. The lowest BCUT2D eigenvalue weighted by Crippen LogP contribution is -2.47. The van der Waals surface area contributed by atoms with E-state index in [1.165, 1.54) is 15.1 Å². The van der Waals surface area contributed by atoms with E-state index in [4.69, 9.17) is 6.42 Å². The molecule has 182 valence electrons. The van der Waals surface area contributed by atoms with Crippen molar-refractivity contribution in [2.75, 3.05) is 24.7 Å². The molecule has 10 heteroatoms. The fraction of sp³-hybridized carbons (Fsp3) is 0.400. The Balaban J connectivity index is 1.44. The van der Waals surface area contributed by atoms with Crippen molar-refractivity contribution in [3.05, 3.63) is 58.0 Å². The molecule has 1 aliphatic heterocycles. The maximum atomic E-state index is 13.2. The van der Waals surface area contributed by atoms with Gasteiger partial charge in [-0.25, -0.2) is 17.7 Å². The minimum atomic E-state index is -3.14. The highest BCUT2D eigenvalue weighted by Gasteiger charge is 2.40. The van der Waals surface area contributed by atoms with Gasteiger partial charge in [0.05, 0.1) is 23.5 Å². The molecule has 1 saturated heterocycles. The van der Waals surface area contributed by atoms with E-state index >= 15 is 0 Å². The van der Waals surface area contributed by atoms with Crippen LogP contribution in [0.4, 0.5) is 11.6 Å². The van der Waals surface area contributed by atoms with Crippen LogP contribution in [0.5, 0.6) is 0 Å². The van der Waals surface area contributed by atoms with E-state index in [1.54, 1.807) is 19.2 Å². The lowest BCUT2D eigenvalue weighted by molar-refractivity contribution is 0.0266. The Morgan fingerprint density at radius 2 is 1.97 bits per heavy atom. The number of pyridine rings is 1. The zero-order valence-electron chi connectivity index (χ0n) is 19.6. The number of rotatable bonds is 5. The van der Waals surface area contributed by atoms with Crippen LogP contribution in [0.15, 0.2) is 41.3 Å². The summed E-state index contributed by atoms with van der Waals surface area (Å²) in [5, 5.41) is 14.7. The first-order valence-corrected chi connectivity index (χ1v) is 13.3. The van der Waals surface area contributed by atoms with Gasteiger partial charge in [-0.2, -0.15) is 4.98 Å². The monoisotopic (exact) mass is 493 g/mol. The first-order chi connectivity index (χ1) is 16.6. The summed E-state index contributed by atoms with van der Waals surface area (Å²) >= 11 is 0. The number of hydrogen-bond donors (Lipinski definition) is 2. The summed E-state index contributed by atoms with van der Waals surface area (Å²) in [6, 6.07) is 8.87. The van der Waals surface area contributed by atoms with Gasteiger partial charge in [-0.05, 0) is 49.9 Å². The van der Waals surface area contributed by atoms with Crippen molar-refractivity contribution < 1.29 is 13.5 Å². The van der Waals surface area contributed by atoms with Crippen LogP contribution in [0.3, 0.4) is 0 Å². The molecule has 2 atom stereocenters. The van der Waals surface area contributed by atoms with E-state index in [1.807, 2.05) is 24.3 Å². The van der Waals surface area contributed by atoms with E-state index < -0.39 is 21.7 Å². The maximum absolute atomic E-state index is 13.2. The summed E-state index contributed by atoms with van der Waals surface area (Å²) in [4.78, 5) is 22.2. The van der Waals surface area contributed by atoms with Gasteiger partial charge in [-0.3, -0.25) is 9.36 Å². The molecule has 1 aromatic carbocycles. The molecule has 0 amide bonds. The SMILES string of the molecule is C#Cc1cc2cnc(Nc3ccc(C4CN(S(C)(=O)=O)C4)cc3)nc2n([C@@H]2CCC[C@@]2(C)O)c1=O. The highest BCUT2D eigenvalue weighted by Crippen LogP contribution is 2.39. The number of sulfonamides is 1. The minimum absolute atomic E-state index is 0.176. The Labute approximate surface area is 203 Å². The average molecular weight is 494 g/mol. The van der Waals surface area contributed by atoms with E-state index in [0.717, 1.165) is 17.7 Å². The van der Waals surface area contributed by atoms with Crippen LogP contribution in [0.1, 0.15) is 49.3 Å². The summed E-state index contributed by atoms with van der Waals surface area (Å²) in [6.45, 7) is 2.72. The van der Waals surface area contributed by atoms with Gasteiger partial charge in [0.25, 0.3) is 5.56 Å². The van der Waals surface area contributed by atoms with Crippen molar-refractivity contribution in [3.63, 3.8) is 0 Å². The van der Waals surface area contributed by atoms with Crippen LogP contribution < -0.4 is 10.9 Å². The molecule has 0 unspecified atom stereocenters. The van der Waals surface area contributed by atoms with Gasteiger partial charge in [0.15, 0.2) is 0 Å². The quantitative estimate of drug-likeness (QED) is 0.524. The number of nitrogens with one attached hydrogen (secondary N) is 1. The van der Waals surface area contributed by atoms with Gasteiger partial charge >= 0.3 is 0 Å². The molecule has 1 saturated carbocycles. The summed E-state index contributed by atoms with van der Waals surface area (Å²) in [6.07, 6.45) is 10.5. The molecule has 0 bridgehead atoms. The van der Waals surface area contributed by atoms with Gasteiger partial charge in [0, 0.05) is 36.3 Å². The number of nitrogens with zero attached hydrogens (tertiary/aromatic N) is 4. The zero-order chi connectivity index (χ0) is 25.0. The van der Waals surface area contributed by atoms with Crippen molar-refractivity contribution in [2.45, 2.75) is 43.7 Å². The Morgan fingerprint density at radius 1 is 1.26 bits per heavy atom. The molecule has 2 aromatic heterocycles. The lowest BCUT2D eigenvalue weighted by Gasteiger charge is -2.37. The lowest BCUT2D eigenvalue weighted by atomic mass is 9.94. The number of aromatic nitrogens is 3. The fourth-order valence-corrected chi connectivity index (χ4v) is 5.90. The van der Waals surface area contributed by atoms with E-state index in [2.05, 4.69) is 21.2 Å². The second-order valence-electron chi connectivity index (χ2n) is 9.64. The van der Waals surface area contributed by atoms with E-state index in [-0.39, 0.29) is 17.0 Å². The molecule has 35 heavy (non-hydrogen) atoms. The number of fused-ring (bicyclic) bond motifs is 1. The topological polar surface area (TPSA) is 117 Å². The number of terminal acetylenes is 1.